The van der Waals surface area contributed by atoms with E-state index in [1.807, 2.05) is 20.0 Å². The lowest BCUT2D eigenvalue weighted by Crippen LogP contribution is -2.22. The molecule has 2 aromatic heterocycles. The molecule has 2 amide bonds. The number of anilines is 1. The van der Waals surface area contributed by atoms with E-state index in [-0.39, 0.29) is 11.8 Å². The Kier molecular flexibility index (Phi) is 4.53. The fraction of sp³-hybridized carbons (Fsp3) is 0.235. The zero-order valence-electron chi connectivity index (χ0n) is 14.3. The molecule has 0 spiro atoms. The second-order valence-corrected chi connectivity index (χ2v) is 7.32. The van der Waals surface area contributed by atoms with Crippen LogP contribution in [0.4, 0.5) is 5.69 Å². The highest BCUT2D eigenvalue weighted by Crippen LogP contribution is 2.29. The molecule has 3 rings (SSSR count). The first kappa shape index (κ1) is 17.4. The van der Waals surface area contributed by atoms with Crippen LogP contribution in [0, 0.1) is 6.92 Å². The Balaban J connectivity index is 1.90. The molecule has 0 aliphatic carbocycles. The monoisotopic (exact) mass is 376 g/mol. The molecule has 2 heterocycles. The number of nitrogens with one attached hydrogen (secondary N) is 1. The summed E-state index contributed by atoms with van der Waals surface area (Å²) in [5, 5.41) is 8.45. The first-order valence-electron chi connectivity index (χ1n) is 7.53. The Bertz CT molecular complexity index is 956. The normalized spacial score (nSPS) is 10.9. The van der Waals surface area contributed by atoms with E-state index < -0.39 is 0 Å². The van der Waals surface area contributed by atoms with E-state index in [2.05, 4.69) is 10.4 Å². The highest BCUT2D eigenvalue weighted by atomic mass is 35.5. The topological polar surface area (TPSA) is 67.2 Å². The number of hydrogen-bond donors (Lipinski definition) is 1. The van der Waals surface area contributed by atoms with Gasteiger partial charge in [0.15, 0.2) is 0 Å². The van der Waals surface area contributed by atoms with Gasteiger partial charge in [0.1, 0.15) is 4.83 Å². The van der Waals surface area contributed by atoms with Crippen LogP contribution in [0.1, 0.15) is 25.7 Å². The van der Waals surface area contributed by atoms with Crippen molar-refractivity contribution in [1.29, 1.82) is 0 Å². The second-order valence-electron chi connectivity index (χ2n) is 5.89. The van der Waals surface area contributed by atoms with Gasteiger partial charge in [-0.15, -0.1) is 11.3 Å². The zero-order valence-corrected chi connectivity index (χ0v) is 15.8. The van der Waals surface area contributed by atoms with E-state index in [0.29, 0.717) is 21.2 Å². The molecule has 25 heavy (non-hydrogen) atoms. The van der Waals surface area contributed by atoms with Gasteiger partial charge < -0.3 is 10.2 Å². The average Bonchev–Trinajstić information content (AvgIpc) is 3.11. The summed E-state index contributed by atoms with van der Waals surface area (Å²) in [5.74, 6) is -0.423. The Morgan fingerprint density at radius 2 is 2.00 bits per heavy atom. The summed E-state index contributed by atoms with van der Waals surface area (Å²) in [5.41, 5.74) is 1.75. The molecular formula is C17H17ClN4O2S. The van der Waals surface area contributed by atoms with Crippen LogP contribution < -0.4 is 5.32 Å². The van der Waals surface area contributed by atoms with E-state index in [1.54, 1.807) is 37.0 Å². The van der Waals surface area contributed by atoms with Gasteiger partial charge in [-0.05, 0) is 31.2 Å². The number of amides is 2. The van der Waals surface area contributed by atoms with Crippen LogP contribution in [0.5, 0.6) is 0 Å². The van der Waals surface area contributed by atoms with Crippen LogP contribution in [0.25, 0.3) is 10.2 Å². The third kappa shape index (κ3) is 3.25. The summed E-state index contributed by atoms with van der Waals surface area (Å²) in [6.45, 7) is 1.91. The minimum atomic E-state index is -0.267. The van der Waals surface area contributed by atoms with Gasteiger partial charge in [-0.3, -0.25) is 14.3 Å². The Hall–Kier alpha value is -2.38. The lowest BCUT2D eigenvalue weighted by Gasteiger charge is -2.12. The SMILES string of the molecule is Cc1nn(C)c2sc(C(=O)Nc3cc(C(=O)N(C)C)ccc3Cl)cc12. The number of benzene rings is 1. The van der Waals surface area contributed by atoms with Crippen molar-refractivity contribution in [3.05, 3.63) is 45.4 Å². The lowest BCUT2D eigenvalue weighted by atomic mass is 10.1. The molecular weight excluding hydrogens is 360 g/mol. The van der Waals surface area contributed by atoms with Crippen LogP contribution in [-0.4, -0.2) is 40.6 Å². The van der Waals surface area contributed by atoms with Gasteiger partial charge in [-0.25, -0.2) is 0 Å². The van der Waals surface area contributed by atoms with Gasteiger partial charge >= 0.3 is 0 Å². The van der Waals surface area contributed by atoms with Gasteiger partial charge in [0.25, 0.3) is 11.8 Å². The molecule has 1 N–H and O–H groups in total. The largest absolute Gasteiger partial charge is 0.345 e. The fourth-order valence-corrected chi connectivity index (χ4v) is 3.70. The first-order chi connectivity index (χ1) is 11.8. The standard InChI is InChI=1S/C17H17ClN4O2S/c1-9-11-8-14(25-17(11)22(4)20-9)15(23)19-13-7-10(5-6-12(13)18)16(24)21(2)3/h5-8H,1-4H3,(H,19,23). The Labute approximate surface area is 154 Å². The van der Waals surface area contributed by atoms with E-state index in [9.17, 15) is 9.59 Å². The molecule has 0 bridgehead atoms. The molecule has 0 aliphatic heterocycles. The zero-order chi connectivity index (χ0) is 18.3. The summed E-state index contributed by atoms with van der Waals surface area (Å²) in [6.07, 6.45) is 0. The lowest BCUT2D eigenvalue weighted by molar-refractivity contribution is 0.0827. The number of nitrogens with zero attached hydrogens (tertiary/aromatic N) is 3. The Morgan fingerprint density at radius 3 is 2.64 bits per heavy atom. The van der Waals surface area contributed by atoms with Crippen LogP contribution in [-0.2, 0) is 7.05 Å². The minimum Gasteiger partial charge on any atom is -0.345 e. The molecule has 6 nitrogen and oxygen atoms in total. The van der Waals surface area contributed by atoms with Crippen LogP contribution >= 0.6 is 22.9 Å². The van der Waals surface area contributed by atoms with Gasteiger partial charge in [0.2, 0.25) is 0 Å². The van der Waals surface area contributed by atoms with E-state index in [0.717, 1.165) is 15.9 Å². The van der Waals surface area contributed by atoms with E-state index in [4.69, 9.17) is 11.6 Å². The van der Waals surface area contributed by atoms with Crippen molar-refractivity contribution in [3.8, 4) is 0 Å². The van der Waals surface area contributed by atoms with Gasteiger partial charge in [-0.2, -0.15) is 5.10 Å². The molecule has 0 saturated heterocycles. The van der Waals surface area contributed by atoms with Crippen LogP contribution in [0.3, 0.4) is 0 Å². The van der Waals surface area contributed by atoms with Crippen molar-refractivity contribution in [2.45, 2.75) is 6.92 Å². The third-order valence-electron chi connectivity index (χ3n) is 3.79. The summed E-state index contributed by atoms with van der Waals surface area (Å²) in [7, 11) is 5.19. The maximum absolute atomic E-state index is 12.6. The minimum absolute atomic E-state index is 0.157. The molecule has 0 fully saturated rings. The quantitative estimate of drug-likeness (QED) is 0.760. The van der Waals surface area contributed by atoms with Crippen molar-refractivity contribution in [2.24, 2.45) is 7.05 Å². The second kappa shape index (κ2) is 6.50. The number of halogens is 1. The molecule has 0 atom stereocenters. The van der Waals surface area contributed by atoms with Crippen LogP contribution in [0.15, 0.2) is 24.3 Å². The predicted octanol–water partition coefficient (Wildman–Crippen LogP) is 3.55. The maximum Gasteiger partial charge on any atom is 0.265 e. The maximum atomic E-state index is 12.6. The molecule has 8 heteroatoms. The number of carbonyl (C=O) groups excluding carboxylic acids is 2. The van der Waals surface area contributed by atoms with Gasteiger partial charge in [0.05, 0.1) is 21.3 Å². The predicted molar refractivity (Wildman–Crippen MR) is 101 cm³/mol. The Morgan fingerprint density at radius 1 is 1.28 bits per heavy atom. The first-order valence-corrected chi connectivity index (χ1v) is 8.73. The number of rotatable bonds is 3. The number of fused-ring (bicyclic) bond motifs is 1. The van der Waals surface area contributed by atoms with Gasteiger partial charge in [-0.1, -0.05) is 11.6 Å². The number of aryl methyl sites for hydroxylation is 2. The van der Waals surface area contributed by atoms with E-state index in [1.165, 1.54) is 16.2 Å². The molecule has 0 aliphatic rings. The van der Waals surface area contributed by atoms with Crippen molar-refractivity contribution >= 4 is 50.7 Å². The summed E-state index contributed by atoms with van der Waals surface area (Å²) < 4.78 is 1.76. The number of thiophene rings is 1. The molecule has 1 aromatic carbocycles. The highest BCUT2D eigenvalue weighted by Gasteiger charge is 2.17. The van der Waals surface area contributed by atoms with Crippen molar-refractivity contribution < 1.29 is 9.59 Å². The molecule has 130 valence electrons. The van der Waals surface area contributed by atoms with Crippen molar-refractivity contribution in [1.82, 2.24) is 14.7 Å². The van der Waals surface area contributed by atoms with Crippen molar-refractivity contribution in [2.75, 3.05) is 19.4 Å². The smallest absolute Gasteiger partial charge is 0.265 e. The molecule has 0 unspecified atom stereocenters. The number of aromatic nitrogens is 2. The van der Waals surface area contributed by atoms with Gasteiger partial charge in [0, 0.05) is 32.1 Å². The third-order valence-corrected chi connectivity index (χ3v) is 5.32. The fourth-order valence-electron chi connectivity index (χ4n) is 2.51. The molecule has 0 radical (unpaired) electrons. The number of carbonyl (C=O) groups is 2. The highest BCUT2D eigenvalue weighted by molar-refractivity contribution is 7.20. The van der Waals surface area contributed by atoms with Crippen molar-refractivity contribution in [3.63, 3.8) is 0 Å². The molecule has 0 saturated carbocycles. The summed E-state index contributed by atoms with van der Waals surface area (Å²) in [4.78, 5) is 27.6. The summed E-state index contributed by atoms with van der Waals surface area (Å²) in [6, 6.07) is 6.64. The summed E-state index contributed by atoms with van der Waals surface area (Å²) >= 11 is 7.53. The average molecular weight is 377 g/mol. The number of hydrogen-bond acceptors (Lipinski definition) is 4. The molecule has 3 aromatic rings. The van der Waals surface area contributed by atoms with Crippen LogP contribution in [0.2, 0.25) is 5.02 Å². The van der Waals surface area contributed by atoms with E-state index >= 15 is 0 Å².